The molecule has 248 valence electrons. The molecule has 8 nitrogen and oxygen atoms in total. The summed E-state index contributed by atoms with van der Waals surface area (Å²) in [4.78, 5) is 2.64. The molecule has 1 saturated carbocycles. The minimum Gasteiger partial charge on any atom is -0.479 e. The minimum absolute atomic E-state index is 0.0688. The van der Waals surface area contributed by atoms with Crippen molar-refractivity contribution >= 4 is 21.0 Å². The van der Waals surface area contributed by atoms with Gasteiger partial charge >= 0.3 is 10.1 Å². The summed E-state index contributed by atoms with van der Waals surface area (Å²) in [6.45, 7) is 4.56. The maximum absolute atomic E-state index is 13.6. The topological polar surface area (TPSA) is 105 Å². The molecule has 3 aromatic carbocycles. The number of rotatable bonds is 10. The van der Waals surface area contributed by atoms with E-state index in [2.05, 4.69) is 39.8 Å². The summed E-state index contributed by atoms with van der Waals surface area (Å²) in [6, 6.07) is 21.1. The molecule has 9 rings (SSSR count). The second-order valence-corrected chi connectivity index (χ2v) is 16.3. The number of aliphatic hydroxyl groups is 1. The Morgan fingerprint density at radius 2 is 1.88 bits per heavy atom. The van der Waals surface area contributed by atoms with E-state index in [-0.39, 0.29) is 16.7 Å². The molecule has 2 bridgehead atoms. The van der Waals surface area contributed by atoms with E-state index < -0.39 is 27.2 Å². The van der Waals surface area contributed by atoms with E-state index in [0.717, 1.165) is 77.7 Å². The van der Waals surface area contributed by atoms with E-state index in [9.17, 15) is 13.5 Å². The van der Waals surface area contributed by atoms with Crippen LogP contribution in [0.1, 0.15) is 79.0 Å². The monoisotopic (exact) mass is 663 g/mol. The average molecular weight is 664 g/mol. The number of hydrogen-bond acceptors (Lipinski definition) is 7. The first kappa shape index (κ1) is 30.2. The molecule has 5 aliphatic rings. The first-order valence-electron chi connectivity index (χ1n) is 17.5. The molecule has 48 heavy (non-hydrogen) atoms. The van der Waals surface area contributed by atoms with Crippen molar-refractivity contribution in [3.05, 3.63) is 88.6 Å². The van der Waals surface area contributed by atoms with Crippen LogP contribution in [0.3, 0.4) is 0 Å². The van der Waals surface area contributed by atoms with Crippen molar-refractivity contribution in [3.8, 4) is 17.6 Å². The maximum atomic E-state index is 13.6. The van der Waals surface area contributed by atoms with Crippen molar-refractivity contribution in [2.24, 2.45) is 5.92 Å². The highest BCUT2D eigenvalue weighted by Gasteiger charge is 2.73. The Morgan fingerprint density at radius 1 is 1.06 bits per heavy atom. The molecule has 4 atom stereocenters. The molecule has 3 heterocycles. The number of hydrogen-bond donors (Lipinski definition) is 1. The number of aryl methyl sites for hydroxylation is 2. The van der Waals surface area contributed by atoms with E-state index in [1.165, 1.54) is 12.8 Å². The van der Waals surface area contributed by atoms with Crippen LogP contribution in [0.15, 0.2) is 65.6 Å². The third-order valence-corrected chi connectivity index (χ3v) is 13.2. The quantitative estimate of drug-likeness (QED) is 0.153. The molecule has 9 heteroatoms. The Balaban J connectivity index is 1.21. The normalized spacial score (nSPS) is 26.9. The average Bonchev–Trinajstić information content (AvgIpc) is 3.75. The molecule has 4 aromatic rings. The van der Waals surface area contributed by atoms with Gasteiger partial charge in [-0.05, 0) is 93.3 Å². The van der Waals surface area contributed by atoms with E-state index in [0.29, 0.717) is 37.4 Å². The van der Waals surface area contributed by atoms with E-state index in [4.69, 9.17) is 14.2 Å². The number of aromatic nitrogens is 1. The lowest BCUT2D eigenvalue weighted by molar-refractivity contribution is -0.173. The van der Waals surface area contributed by atoms with Gasteiger partial charge in [0.1, 0.15) is 4.90 Å². The first-order chi connectivity index (χ1) is 23.2. The number of benzene rings is 3. The Labute approximate surface area is 282 Å². The lowest BCUT2D eigenvalue weighted by Gasteiger charge is -2.63. The van der Waals surface area contributed by atoms with Crippen molar-refractivity contribution in [3.63, 3.8) is 0 Å². The summed E-state index contributed by atoms with van der Waals surface area (Å²) in [5.41, 5.74) is 4.52. The molecule has 1 spiro atoms. The molecule has 0 radical (unpaired) electrons. The number of likely N-dealkylation sites (tertiary alicyclic amines) is 1. The maximum Gasteiger partial charge on any atom is 0.339 e. The highest BCUT2D eigenvalue weighted by Crippen LogP contribution is 2.69. The molecule has 1 aromatic heterocycles. The predicted molar refractivity (Wildman–Crippen MR) is 182 cm³/mol. The fourth-order valence-corrected chi connectivity index (χ4v) is 10.6. The number of nitrogens with zero attached hydrogens (tertiary/aromatic N) is 3. The summed E-state index contributed by atoms with van der Waals surface area (Å²) >= 11 is 0. The third-order valence-electron chi connectivity index (χ3n) is 12.0. The zero-order valence-electron chi connectivity index (χ0n) is 27.3. The lowest BCUT2D eigenvalue weighted by atomic mass is 9.49. The largest absolute Gasteiger partial charge is 0.479 e. The van der Waals surface area contributed by atoms with Crippen LogP contribution >= 0.6 is 0 Å². The van der Waals surface area contributed by atoms with Crippen LogP contribution in [-0.2, 0) is 34.9 Å². The van der Waals surface area contributed by atoms with Gasteiger partial charge in [-0.1, -0.05) is 48.4 Å². The highest BCUT2D eigenvalue weighted by molar-refractivity contribution is 7.87. The van der Waals surface area contributed by atoms with Crippen LogP contribution in [-0.4, -0.2) is 47.7 Å². The fraction of sp³-hybridized carbons (Fsp3) is 0.462. The lowest BCUT2D eigenvalue weighted by Crippen LogP contribution is -2.74. The van der Waals surface area contributed by atoms with Crippen LogP contribution in [0, 0.1) is 24.2 Å². The van der Waals surface area contributed by atoms with Gasteiger partial charge in [0, 0.05) is 48.4 Å². The number of unbranched alkanes of at least 4 members (excludes halogenated alkanes) is 3. The van der Waals surface area contributed by atoms with Gasteiger partial charge in [-0.2, -0.15) is 13.7 Å². The Kier molecular flexibility index (Phi) is 6.82. The summed E-state index contributed by atoms with van der Waals surface area (Å²) in [5, 5.41) is 23.6. The van der Waals surface area contributed by atoms with Crippen LogP contribution in [0.5, 0.6) is 11.5 Å². The number of ether oxygens (including phenoxy) is 1. The minimum atomic E-state index is -4.13. The molecule has 1 N–H and O–H groups in total. The second kappa shape index (κ2) is 10.8. The molecule has 1 saturated heterocycles. The van der Waals surface area contributed by atoms with Crippen LogP contribution in [0.4, 0.5) is 0 Å². The zero-order chi connectivity index (χ0) is 32.8. The molecular weight excluding hydrogens is 623 g/mol. The van der Waals surface area contributed by atoms with Crippen molar-refractivity contribution < 1.29 is 22.4 Å². The van der Waals surface area contributed by atoms with Crippen LogP contribution in [0.2, 0.25) is 0 Å². The highest BCUT2D eigenvalue weighted by atomic mass is 32.2. The van der Waals surface area contributed by atoms with Gasteiger partial charge in [0.25, 0.3) is 0 Å². The smallest absolute Gasteiger partial charge is 0.339 e. The Hall–Kier alpha value is -3.84. The first-order valence-corrected chi connectivity index (χ1v) is 18.9. The molecule has 2 aliphatic heterocycles. The Morgan fingerprint density at radius 3 is 2.67 bits per heavy atom. The molecule has 2 fully saturated rings. The summed E-state index contributed by atoms with van der Waals surface area (Å²) in [5.74, 6) is 1.33. The second-order valence-electron chi connectivity index (χ2n) is 14.8. The predicted octanol–water partition coefficient (Wildman–Crippen LogP) is 6.50. The van der Waals surface area contributed by atoms with Crippen molar-refractivity contribution in [1.29, 1.82) is 5.26 Å². The van der Waals surface area contributed by atoms with Crippen molar-refractivity contribution in [1.82, 2.24) is 9.47 Å². The summed E-state index contributed by atoms with van der Waals surface area (Å²) in [7, 11) is -4.13. The number of nitriles is 1. The molecule has 0 amide bonds. The molecule has 0 unspecified atom stereocenters. The molecule has 3 aliphatic carbocycles. The standard InChI is InChI=1S/C39H41N3O5S/c1-25-10-15-28(16-11-25)48(44,45)47-32-17-14-27-22-33-39(43)23-30-29-8-4-5-9-31(29)42(20-7-3-2-6-19-40)35(30)37-38(39,34(27)36(32)46-37)18-21-41(33)24-26-12-13-26/h4-5,8-11,14-17,26,33,37,43H,2-3,6-7,12-13,18,20-24H2,1H3/t33-,37+,38+,39-/m1/s1. The van der Waals surface area contributed by atoms with Gasteiger partial charge in [-0.3, -0.25) is 4.90 Å². The van der Waals surface area contributed by atoms with Crippen LogP contribution in [0.25, 0.3) is 10.9 Å². The van der Waals surface area contributed by atoms with Crippen LogP contribution < -0.4 is 8.92 Å². The van der Waals surface area contributed by atoms with E-state index in [1.54, 1.807) is 30.3 Å². The van der Waals surface area contributed by atoms with Gasteiger partial charge in [0.2, 0.25) is 0 Å². The van der Waals surface area contributed by atoms with Crippen molar-refractivity contribution in [2.45, 2.75) is 99.3 Å². The third kappa shape index (κ3) is 4.28. The van der Waals surface area contributed by atoms with Gasteiger partial charge in [-0.15, -0.1) is 0 Å². The fourth-order valence-electron chi connectivity index (χ4n) is 9.62. The zero-order valence-corrected chi connectivity index (χ0v) is 28.1. The summed E-state index contributed by atoms with van der Waals surface area (Å²) < 4.78 is 42.7. The molecular formula is C39H41N3O5S. The van der Waals surface area contributed by atoms with Gasteiger partial charge in [-0.25, -0.2) is 0 Å². The Bertz CT molecular complexity index is 2100. The van der Waals surface area contributed by atoms with Crippen molar-refractivity contribution in [2.75, 3.05) is 13.1 Å². The van der Waals surface area contributed by atoms with Gasteiger partial charge in [0.15, 0.2) is 17.6 Å². The van der Waals surface area contributed by atoms with E-state index >= 15 is 0 Å². The van der Waals surface area contributed by atoms with Gasteiger partial charge < -0.3 is 18.6 Å². The van der Waals surface area contributed by atoms with Gasteiger partial charge in [0.05, 0.1) is 22.8 Å². The number of para-hydroxylation sites is 1. The van der Waals surface area contributed by atoms with E-state index in [1.807, 2.05) is 13.0 Å². The summed E-state index contributed by atoms with van der Waals surface area (Å²) in [6.07, 6.45) is 7.22. The SMILES string of the molecule is Cc1ccc(S(=O)(=O)Oc2ccc3c4c2O[C@H]2c5c(c6ccccc6n5CCCCCC#N)C[C@@]5(O)[C@@H](C3)N(CC3CC3)CC[C@]425)cc1. The number of piperidine rings is 1. The number of fused-ring (bicyclic) bond motifs is 4.